The molecular weight excluding hydrogens is 350 g/mol. The van der Waals surface area contributed by atoms with Crippen LogP contribution in [0.3, 0.4) is 0 Å². The van der Waals surface area contributed by atoms with E-state index >= 15 is 0 Å². The molecule has 94 valence electrons. The van der Waals surface area contributed by atoms with E-state index in [-0.39, 0.29) is 0 Å². The van der Waals surface area contributed by atoms with Crippen LogP contribution in [-0.4, -0.2) is 26.3 Å². The van der Waals surface area contributed by atoms with Crippen LogP contribution in [-0.2, 0) is 10.6 Å². The summed E-state index contributed by atoms with van der Waals surface area (Å²) < 4.78 is 0. The van der Waals surface area contributed by atoms with Gasteiger partial charge in [-0.15, -0.1) is 0 Å². The fraction of sp³-hybridized carbons (Fsp3) is 0.250. The summed E-state index contributed by atoms with van der Waals surface area (Å²) in [6.45, 7) is 4.35. The Kier molecular flexibility index (Phi) is 5.53. The van der Waals surface area contributed by atoms with Crippen molar-refractivity contribution in [3.8, 4) is 0 Å². The number of hydrogen-bond acceptors (Lipinski definition) is 0. The van der Waals surface area contributed by atoms with Crippen LogP contribution in [0.25, 0.3) is 0 Å². The zero-order valence-electron chi connectivity index (χ0n) is 10.8. The summed E-state index contributed by atoms with van der Waals surface area (Å²) in [4.78, 5) is 0. The van der Waals surface area contributed by atoms with Crippen LogP contribution in [0.2, 0.25) is 0 Å². The first kappa shape index (κ1) is 13.9. The Morgan fingerprint density at radius 3 is 1.56 bits per heavy atom. The summed E-state index contributed by atoms with van der Waals surface area (Å²) in [5.41, 5.74) is 5.80. The van der Waals surface area contributed by atoms with Crippen LogP contribution < -0.4 is 0 Å². The monoisotopic (exact) mass is 370 g/mol. The second-order valence-corrected chi connectivity index (χ2v) is 11.8. The Morgan fingerprint density at radius 2 is 1.17 bits per heavy atom. The van der Waals surface area contributed by atoms with Gasteiger partial charge in [0.05, 0.1) is 0 Å². The quantitative estimate of drug-likeness (QED) is 0.561. The average Bonchev–Trinajstić information content (AvgIpc) is 2.35. The van der Waals surface area contributed by atoms with E-state index in [1.807, 2.05) is 0 Å². The van der Waals surface area contributed by atoms with Crippen molar-refractivity contribution in [3.05, 3.63) is 70.8 Å². The molecule has 0 aliphatic carbocycles. The minimum absolute atomic E-state index is 0.782. The number of benzene rings is 2. The van der Waals surface area contributed by atoms with Crippen molar-refractivity contribution in [1.82, 2.24) is 0 Å². The second kappa shape index (κ2) is 7.16. The van der Waals surface area contributed by atoms with E-state index in [1.54, 1.807) is 0 Å². The SMILES string of the molecule is Cc1cccc(C[Se][Se]Cc2cccc(C)c2)c1. The molecular formula is C16H18Se2. The van der Waals surface area contributed by atoms with Crippen LogP contribution in [0, 0.1) is 13.8 Å². The average molecular weight is 368 g/mol. The molecule has 0 fully saturated rings. The van der Waals surface area contributed by atoms with Crippen LogP contribution in [0.4, 0.5) is 0 Å². The van der Waals surface area contributed by atoms with Gasteiger partial charge in [-0.05, 0) is 0 Å². The Hall–Kier alpha value is -0.521. The van der Waals surface area contributed by atoms with Crippen molar-refractivity contribution in [3.63, 3.8) is 0 Å². The van der Waals surface area contributed by atoms with Gasteiger partial charge < -0.3 is 0 Å². The van der Waals surface area contributed by atoms with E-state index in [4.69, 9.17) is 0 Å². The van der Waals surface area contributed by atoms with Gasteiger partial charge in [0.25, 0.3) is 0 Å². The molecule has 0 aromatic heterocycles. The Morgan fingerprint density at radius 1 is 0.722 bits per heavy atom. The fourth-order valence-electron chi connectivity index (χ4n) is 1.82. The van der Waals surface area contributed by atoms with Crippen molar-refractivity contribution in [1.29, 1.82) is 0 Å². The third-order valence-electron chi connectivity index (χ3n) is 2.70. The molecule has 0 radical (unpaired) electrons. The molecule has 0 unspecified atom stereocenters. The molecule has 0 saturated carbocycles. The van der Waals surface area contributed by atoms with Crippen molar-refractivity contribution < 1.29 is 0 Å². The Balaban J connectivity index is 1.76. The summed E-state index contributed by atoms with van der Waals surface area (Å²) in [5, 5.41) is 2.58. The van der Waals surface area contributed by atoms with Gasteiger partial charge in [-0.1, -0.05) is 0 Å². The zero-order valence-corrected chi connectivity index (χ0v) is 14.3. The first-order chi connectivity index (χ1) is 8.74. The minimum atomic E-state index is 0.782. The molecule has 0 nitrogen and oxygen atoms in total. The Labute approximate surface area is 121 Å². The molecule has 0 saturated heterocycles. The van der Waals surface area contributed by atoms with E-state index in [2.05, 4.69) is 62.4 Å². The third kappa shape index (κ3) is 4.63. The first-order valence-electron chi connectivity index (χ1n) is 6.09. The van der Waals surface area contributed by atoms with Gasteiger partial charge in [0.2, 0.25) is 0 Å². The van der Waals surface area contributed by atoms with Crippen molar-refractivity contribution in [2.75, 3.05) is 0 Å². The molecule has 0 amide bonds. The summed E-state index contributed by atoms with van der Waals surface area (Å²) in [5.74, 6) is 0. The van der Waals surface area contributed by atoms with E-state index in [1.165, 1.54) is 32.9 Å². The molecule has 0 atom stereocenters. The maximum atomic E-state index is 2.32. The summed E-state index contributed by atoms with van der Waals surface area (Å²) in [6, 6.07) is 17.9. The summed E-state index contributed by atoms with van der Waals surface area (Å²) in [6.07, 6.45) is 0. The van der Waals surface area contributed by atoms with Crippen molar-refractivity contribution in [2.45, 2.75) is 24.5 Å². The van der Waals surface area contributed by atoms with Gasteiger partial charge in [-0.25, -0.2) is 0 Å². The molecule has 0 bridgehead atoms. The molecule has 0 aliphatic rings. The molecule has 0 heterocycles. The van der Waals surface area contributed by atoms with Crippen molar-refractivity contribution in [2.24, 2.45) is 0 Å². The van der Waals surface area contributed by atoms with Crippen LogP contribution >= 0.6 is 0 Å². The molecule has 2 heteroatoms. The van der Waals surface area contributed by atoms with Gasteiger partial charge in [-0.2, -0.15) is 0 Å². The zero-order chi connectivity index (χ0) is 12.8. The molecule has 18 heavy (non-hydrogen) atoms. The van der Waals surface area contributed by atoms with Gasteiger partial charge in [0.1, 0.15) is 0 Å². The van der Waals surface area contributed by atoms with Gasteiger partial charge in [0, 0.05) is 0 Å². The van der Waals surface area contributed by atoms with E-state index in [9.17, 15) is 0 Å². The maximum absolute atomic E-state index is 2.32. The van der Waals surface area contributed by atoms with Gasteiger partial charge in [-0.3, -0.25) is 0 Å². The van der Waals surface area contributed by atoms with Crippen molar-refractivity contribution >= 4 is 26.3 Å². The predicted octanol–water partition coefficient (Wildman–Crippen LogP) is 3.33. The van der Waals surface area contributed by atoms with Crippen LogP contribution in [0.1, 0.15) is 22.3 Å². The molecule has 2 aromatic rings. The molecule has 0 N–H and O–H groups in total. The standard InChI is InChI=1S/C16H18Se2/c1-13-5-3-7-15(9-13)11-17-18-12-16-8-4-6-14(2)10-16/h3-10H,11-12H2,1-2H3. The van der Waals surface area contributed by atoms with Crippen LogP contribution in [0.15, 0.2) is 48.5 Å². The third-order valence-corrected chi connectivity index (χ3v) is 9.33. The molecule has 2 rings (SSSR count). The number of aryl methyl sites for hydroxylation is 2. The topological polar surface area (TPSA) is 0 Å². The number of rotatable bonds is 5. The molecule has 0 spiro atoms. The second-order valence-electron chi connectivity index (χ2n) is 4.50. The summed E-state index contributed by atoms with van der Waals surface area (Å²) in [7, 11) is 0. The Bertz CT molecular complexity index is 458. The normalized spacial score (nSPS) is 10.6. The summed E-state index contributed by atoms with van der Waals surface area (Å²) >= 11 is 1.56. The first-order valence-corrected chi connectivity index (χ1v) is 12.8. The van der Waals surface area contributed by atoms with Gasteiger partial charge in [0.15, 0.2) is 0 Å². The predicted molar refractivity (Wildman–Crippen MR) is 81.3 cm³/mol. The molecule has 0 aliphatic heterocycles. The van der Waals surface area contributed by atoms with E-state index in [0.29, 0.717) is 0 Å². The molecule has 2 aromatic carbocycles. The van der Waals surface area contributed by atoms with Crippen LogP contribution in [0.5, 0.6) is 0 Å². The van der Waals surface area contributed by atoms with E-state index in [0.717, 1.165) is 26.3 Å². The fourth-order valence-corrected chi connectivity index (χ4v) is 8.28. The van der Waals surface area contributed by atoms with Gasteiger partial charge >= 0.3 is 122 Å². The number of hydrogen-bond donors (Lipinski definition) is 0. The van der Waals surface area contributed by atoms with E-state index < -0.39 is 0 Å².